The first-order valence-corrected chi connectivity index (χ1v) is 7.74. The normalized spacial score (nSPS) is 14.2. The molecular formula is C20H25N. The minimum atomic E-state index is -0.225. The minimum absolute atomic E-state index is 0.225. The van der Waals surface area contributed by atoms with Crippen LogP contribution < -0.4 is 5.73 Å². The van der Waals surface area contributed by atoms with Crippen molar-refractivity contribution in [3.05, 3.63) is 71.3 Å². The highest BCUT2D eigenvalue weighted by molar-refractivity contribution is 5.69. The molecular weight excluding hydrogens is 254 g/mol. The van der Waals surface area contributed by atoms with Crippen molar-refractivity contribution in [1.82, 2.24) is 0 Å². The van der Waals surface area contributed by atoms with Crippen molar-refractivity contribution in [3.8, 4) is 0 Å². The second-order valence-electron chi connectivity index (χ2n) is 5.89. The van der Waals surface area contributed by atoms with Crippen molar-refractivity contribution in [3.63, 3.8) is 0 Å². The Morgan fingerprint density at radius 3 is 2.05 bits per heavy atom. The van der Waals surface area contributed by atoms with Crippen LogP contribution in [0, 0.1) is 0 Å². The van der Waals surface area contributed by atoms with Gasteiger partial charge in [0.1, 0.15) is 0 Å². The molecule has 0 saturated heterocycles. The minimum Gasteiger partial charge on any atom is -0.322 e. The number of rotatable bonds is 6. The van der Waals surface area contributed by atoms with Crippen molar-refractivity contribution in [1.29, 1.82) is 0 Å². The van der Waals surface area contributed by atoms with Gasteiger partial charge in [0.15, 0.2) is 0 Å². The smallest absolute Gasteiger partial charge is 0.0381 e. The summed E-state index contributed by atoms with van der Waals surface area (Å²) in [5.74, 6) is 0. The Morgan fingerprint density at radius 1 is 0.905 bits per heavy atom. The lowest BCUT2D eigenvalue weighted by Crippen LogP contribution is -2.32. The van der Waals surface area contributed by atoms with Crippen LogP contribution in [0.25, 0.3) is 12.2 Å². The molecule has 0 bridgehead atoms. The molecule has 2 aromatic rings. The Bertz CT molecular complexity index is 565. The fourth-order valence-corrected chi connectivity index (χ4v) is 2.42. The third-order valence-corrected chi connectivity index (χ3v) is 3.89. The number of hydrogen-bond acceptors (Lipinski definition) is 1. The van der Waals surface area contributed by atoms with Gasteiger partial charge in [-0.1, -0.05) is 86.5 Å². The molecule has 2 rings (SSSR count). The molecule has 0 fully saturated rings. The summed E-state index contributed by atoms with van der Waals surface area (Å²) in [6.45, 7) is 4.32. The Kier molecular flexibility index (Phi) is 5.35. The first kappa shape index (κ1) is 15.5. The zero-order valence-corrected chi connectivity index (χ0v) is 13.0. The summed E-state index contributed by atoms with van der Waals surface area (Å²) in [6.07, 6.45) is 7.66. The van der Waals surface area contributed by atoms with Crippen LogP contribution in [-0.4, -0.2) is 0 Å². The van der Waals surface area contributed by atoms with Crippen LogP contribution in [0.5, 0.6) is 0 Å². The van der Waals surface area contributed by atoms with E-state index in [1.165, 1.54) is 29.5 Å². The zero-order chi connectivity index (χ0) is 15.1. The molecule has 1 atom stereocenters. The highest BCUT2D eigenvalue weighted by Gasteiger charge is 2.19. The standard InChI is InChI=1S/C20H25N/c1-3-4-16-20(2,21)19-14-12-18(13-15-19)11-10-17-8-6-5-7-9-17/h5-15H,3-4,16,21H2,1-2H3/b11-10+. The van der Waals surface area contributed by atoms with E-state index < -0.39 is 0 Å². The van der Waals surface area contributed by atoms with E-state index in [1.54, 1.807) is 0 Å². The molecule has 1 nitrogen and oxygen atoms in total. The topological polar surface area (TPSA) is 26.0 Å². The van der Waals surface area contributed by atoms with E-state index in [9.17, 15) is 0 Å². The van der Waals surface area contributed by atoms with Crippen LogP contribution in [0.15, 0.2) is 54.6 Å². The van der Waals surface area contributed by atoms with Crippen LogP contribution in [0.2, 0.25) is 0 Å². The Labute approximate surface area is 128 Å². The molecule has 2 aromatic carbocycles. The van der Waals surface area contributed by atoms with Crippen LogP contribution in [0.3, 0.4) is 0 Å². The molecule has 0 aliphatic heterocycles. The molecule has 0 radical (unpaired) electrons. The van der Waals surface area contributed by atoms with Gasteiger partial charge in [-0.25, -0.2) is 0 Å². The highest BCUT2D eigenvalue weighted by Crippen LogP contribution is 2.24. The summed E-state index contributed by atoms with van der Waals surface area (Å²) in [6, 6.07) is 18.9. The Balaban J connectivity index is 2.07. The molecule has 2 N–H and O–H groups in total. The third-order valence-electron chi connectivity index (χ3n) is 3.89. The van der Waals surface area contributed by atoms with Gasteiger partial charge in [-0.15, -0.1) is 0 Å². The predicted octanol–water partition coefficient (Wildman–Crippen LogP) is 5.22. The number of nitrogens with two attached hydrogens (primary N) is 1. The van der Waals surface area contributed by atoms with E-state index in [4.69, 9.17) is 5.73 Å². The number of hydrogen-bond donors (Lipinski definition) is 1. The zero-order valence-electron chi connectivity index (χ0n) is 13.0. The van der Waals surface area contributed by atoms with Gasteiger partial charge in [-0.05, 0) is 30.0 Å². The summed E-state index contributed by atoms with van der Waals surface area (Å²) in [5, 5.41) is 0. The summed E-state index contributed by atoms with van der Waals surface area (Å²) in [5.41, 5.74) is 9.83. The molecule has 1 heteroatoms. The molecule has 0 spiro atoms. The average Bonchev–Trinajstić information content (AvgIpc) is 2.52. The van der Waals surface area contributed by atoms with Crippen molar-refractivity contribution in [2.45, 2.75) is 38.6 Å². The lowest BCUT2D eigenvalue weighted by Gasteiger charge is -2.25. The molecule has 0 aliphatic carbocycles. The molecule has 21 heavy (non-hydrogen) atoms. The Hall–Kier alpha value is -1.86. The first-order chi connectivity index (χ1) is 10.1. The molecule has 0 heterocycles. The quantitative estimate of drug-likeness (QED) is 0.721. The van der Waals surface area contributed by atoms with Gasteiger partial charge in [0.25, 0.3) is 0 Å². The largest absolute Gasteiger partial charge is 0.322 e. The molecule has 0 aliphatic rings. The van der Waals surface area contributed by atoms with Gasteiger partial charge in [0, 0.05) is 5.54 Å². The van der Waals surface area contributed by atoms with Crippen molar-refractivity contribution in [2.24, 2.45) is 5.73 Å². The van der Waals surface area contributed by atoms with Gasteiger partial charge in [0.2, 0.25) is 0 Å². The summed E-state index contributed by atoms with van der Waals surface area (Å²) >= 11 is 0. The Morgan fingerprint density at radius 2 is 1.48 bits per heavy atom. The van der Waals surface area contributed by atoms with Crippen LogP contribution >= 0.6 is 0 Å². The highest BCUT2D eigenvalue weighted by atomic mass is 14.7. The maximum absolute atomic E-state index is 6.42. The monoisotopic (exact) mass is 279 g/mol. The van der Waals surface area contributed by atoms with Gasteiger partial charge in [-0.2, -0.15) is 0 Å². The van der Waals surface area contributed by atoms with Crippen LogP contribution in [0.4, 0.5) is 0 Å². The van der Waals surface area contributed by atoms with Crippen molar-refractivity contribution in [2.75, 3.05) is 0 Å². The third kappa shape index (κ3) is 4.57. The fourth-order valence-electron chi connectivity index (χ4n) is 2.42. The van der Waals surface area contributed by atoms with E-state index in [-0.39, 0.29) is 5.54 Å². The maximum Gasteiger partial charge on any atom is 0.0381 e. The summed E-state index contributed by atoms with van der Waals surface area (Å²) < 4.78 is 0. The first-order valence-electron chi connectivity index (χ1n) is 7.74. The average molecular weight is 279 g/mol. The SMILES string of the molecule is CCCCC(C)(N)c1ccc(/C=C/c2ccccc2)cc1. The molecule has 110 valence electrons. The van der Waals surface area contributed by atoms with E-state index in [1.807, 2.05) is 6.07 Å². The van der Waals surface area contributed by atoms with E-state index in [0.717, 1.165) is 6.42 Å². The maximum atomic E-state index is 6.42. The molecule has 0 aromatic heterocycles. The van der Waals surface area contributed by atoms with Gasteiger partial charge in [0.05, 0.1) is 0 Å². The van der Waals surface area contributed by atoms with E-state index in [0.29, 0.717) is 0 Å². The van der Waals surface area contributed by atoms with E-state index in [2.05, 4.69) is 74.5 Å². The van der Waals surface area contributed by atoms with Crippen LogP contribution in [-0.2, 0) is 5.54 Å². The van der Waals surface area contributed by atoms with Crippen molar-refractivity contribution < 1.29 is 0 Å². The van der Waals surface area contributed by atoms with Gasteiger partial charge in [-0.3, -0.25) is 0 Å². The second kappa shape index (κ2) is 7.24. The number of unbranched alkanes of at least 4 members (excludes halogenated alkanes) is 1. The number of benzene rings is 2. The van der Waals surface area contributed by atoms with Gasteiger partial charge >= 0.3 is 0 Å². The fraction of sp³-hybridized carbons (Fsp3) is 0.300. The predicted molar refractivity (Wildman–Crippen MR) is 92.9 cm³/mol. The lowest BCUT2D eigenvalue weighted by molar-refractivity contribution is 0.433. The van der Waals surface area contributed by atoms with Crippen LogP contribution in [0.1, 0.15) is 49.8 Å². The molecule has 0 saturated carbocycles. The van der Waals surface area contributed by atoms with E-state index >= 15 is 0 Å². The molecule has 0 amide bonds. The second-order valence-corrected chi connectivity index (χ2v) is 5.89. The summed E-state index contributed by atoms with van der Waals surface area (Å²) in [7, 11) is 0. The molecule has 1 unspecified atom stereocenters. The lowest BCUT2D eigenvalue weighted by atomic mass is 9.87. The summed E-state index contributed by atoms with van der Waals surface area (Å²) in [4.78, 5) is 0. The van der Waals surface area contributed by atoms with Crippen molar-refractivity contribution >= 4 is 12.2 Å². The van der Waals surface area contributed by atoms with Gasteiger partial charge < -0.3 is 5.73 Å².